The van der Waals surface area contributed by atoms with E-state index in [0.717, 1.165) is 29.8 Å². The van der Waals surface area contributed by atoms with E-state index in [2.05, 4.69) is 40.3 Å². The van der Waals surface area contributed by atoms with Gasteiger partial charge in [-0.25, -0.2) is 0 Å². The number of halogens is 1. The van der Waals surface area contributed by atoms with Crippen LogP contribution < -0.4 is 10.1 Å². The number of benzene rings is 1. The van der Waals surface area contributed by atoms with E-state index in [4.69, 9.17) is 4.74 Å². The van der Waals surface area contributed by atoms with Crippen LogP contribution >= 0.6 is 15.9 Å². The Morgan fingerprint density at radius 1 is 1.05 bits per heavy atom. The second-order valence-electron chi connectivity index (χ2n) is 5.25. The Labute approximate surface area is 132 Å². The number of hydrogen-bond acceptors (Lipinski definition) is 2. The molecule has 0 aliphatic carbocycles. The molecule has 0 fully saturated rings. The van der Waals surface area contributed by atoms with Gasteiger partial charge in [0.15, 0.2) is 0 Å². The molecule has 0 spiro atoms. The highest BCUT2D eigenvalue weighted by molar-refractivity contribution is 9.10. The van der Waals surface area contributed by atoms with Crippen molar-refractivity contribution in [3.63, 3.8) is 0 Å². The van der Waals surface area contributed by atoms with E-state index in [9.17, 15) is 0 Å². The van der Waals surface area contributed by atoms with E-state index >= 15 is 0 Å². The largest absolute Gasteiger partial charge is 0.494 e. The van der Waals surface area contributed by atoms with Crippen LogP contribution in [0.1, 0.15) is 57.4 Å². The van der Waals surface area contributed by atoms with Crippen LogP contribution in [0.15, 0.2) is 22.7 Å². The highest BCUT2D eigenvalue weighted by Crippen LogP contribution is 2.22. The molecule has 0 radical (unpaired) electrons. The predicted octanol–water partition coefficient (Wildman–Crippen LogP) is 5.30. The molecule has 0 aliphatic rings. The molecule has 20 heavy (non-hydrogen) atoms. The minimum absolute atomic E-state index is 0.828. The molecular formula is C17H28BrNO. The number of rotatable bonds is 11. The summed E-state index contributed by atoms with van der Waals surface area (Å²) in [4.78, 5) is 0. The quantitative estimate of drug-likeness (QED) is 0.551. The molecule has 0 unspecified atom stereocenters. The molecule has 0 aromatic heterocycles. The number of ether oxygens (including phenoxy) is 1. The Balaban J connectivity index is 2.17. The van der Waals surface area contributed by atoms with Crippen LogP contribution in [0.25, 0.3) is 0 Å². The van der Waals surface area contributed by atoms with Gasteiger partial charge in [0.2, 0.25) is 0 Å². The number of hydrogen-bond donors (Lipinski definition) is 1. The first-order chi connectivity index (χ1) is 9.77. The lowest BCUT2D eigenvalue weighted by Gasteiger charge is -2.09. The molecule has 114 valence electrons. The highest BCUT2D eigenvalue weighted by atomic mass is 79.9. The van der Waals surface area contributed by atoms with Gasteiger partial charge < -0.3 is 10.1 Å². The molecule has 0 saturated carbocycles. The van der Waals surface area contributed by atoms with Crippen molar-refractivity contribution >= 4 is 15.9 Å². The lowest BCUT2D eigenvalue weighted by molar-refractivity contribution is 0.304. The van der Waals surface area contributed by atoms with Gasteiger partial charge in [-0.15, -0.1) is 0 Å². The van der Waals surface area contributed by atoms with Crippen LogP contribution in [0, 0.1) is 0 Å². The number of unbranched alkanes of at least 4 members (excludes halogenated alkanes) is 6. The second-order valence-corrected chi connectivity index (χ2v) is 6.11. The van der Waals surface area contributed by atoms with E-state index in [-0.39, 0.29) is 0 Å². The lowest BCUT2D eigenvalue weighted by Crippen LogP contribution is -2.06. The Bertz CT molecular complexity index is 368. The fourth-order valence-electron chi connectivity index (χ4n) is 2.22. The average molecular weight is 342 g/mol. The molecule has 0 aliphatic heterocycles. The molecule has 0 heterocycles. The van der Waals surface area contributed by atoms with Crippen LogP contribution in [0.2, 0.25) is 0 Å². The first kappa shape index (κ1) is 17.5. The SMILES string of the molecule is CCCCCCCCCOc1ccc(Br)c(CNC)c1. The van der Waals surface area contributed by atoms with Gasteiger partial charge in [-0.05, 0) is 37.2 Å². The number of nitrogens with one attached hydrogen (secondary N) is 1. The topological polar surface area (TPSA) is 21.3 Å². The molecule has 1 N–H and O–H groups in total. The zero-order valence-corrected chi connectivity index (χ0v) is 14.5. The summed E-state index contributed by atoms with van der Waals surface area (Å²) in [6.07, 6.45) is 9.24. The Morgan fingerprint density at radius 3 is 2.45 bits per heavy atom. The Kier molecular flexibility index (Phi) is 9.77. The summed E-state index contributed by atoms with van der Waals surface area (Å²) in [5.41, 5.74) is 1.24. The summed E-state index contributed by atoms with van der Waals surface area (Å²) >= 11 is 3.56. The Hall–Kier alpha value is -0.540. The Morgan fingerprint density at radius 2 is 1.75 bits per heavy atom. The summed E-state index contributed by atoms with van der Waals surface area (Å²) in [7, 11) is 1.96. The molecule has 1 rings (SSSR count). The van der Waals surface area contributed by atoms with Crippen LogP contribution in [-0.2, 0) is 6.54 Å². The summed E-state index contributed by atoms with van der Waals surface area (Å²) in [6, 6.07) is 6.21. The van der Waals surface area contributed by atoms with Crippen LogP contribution in [0.4, 0.5) is 0 Å². The third-order valence-electron chi connectivity index (χ3n) is 3.40. The molecule has 1 aromatic rings. The second kappa shape index (κ2) is 11.2. The van der Waals surface area contributed by atoms with E-state index in [0.29, 0.717) is 0 Å². The van der Waals surface area contributed by atoms with Gasteiger partial charge in [0.25, 0.3) is 0 Å². The van der Waals surface area contributed by atoms with E-state index in [1.54, 1.807) is 0 Å². The maximum atomic E-state index is 5.83. The van der Waals surface area contributed by atoms with Gasteiger partial charge in [0.05, 0.1) is 6.61 Å². The lowest BCUT2D eigenvalue weighted by atomic mass is 10.1. The van der Waals surface area contributed by atoms with Crippen molar-refractivity contribution in [2.75, 3.05) is 13.7 Å². The predicted molar refractivity (Wildman–Crippen MR) is 90.4 cm³/mol. The summed E-state index contributed by atoms with van der Waals surface area (Å²) < 4.78 is 6.96. The first-order valence-electron chi connectivity index (χ1n) is 7.83. The standard InChI is InChI=1S/C17H28BrNO/c1-3-4-5-6-7-8-9-12-20-16-10-11-17(18)15(13-16)14-19-2/h10-11,13,19H,3-9,12,14H2,1-2H3. The molecular weight excluding hydrogens is 314 g/mol. The summed E-state index contributed by atoms with van der Waals surface area (Å²) in [6.45, 7) is 3.94. The zero-order valence-electron chi connectivity index (χ0n) is 12.9. The van der Waals surface area contributed by atoms with Gasteiger partial charge >= 0.3 is 0 Å². The van der Waals surface area contributed by atoms with Gasteiger partial charge in [-0.1, -0.05) is 61.4 Å². The van der Waals surface area contributed by atoms with Crippen LogP contribution in [0.5, 0.6) is 5.75 Å². The molecule has 2 nitrogen and oxygen atoms in total. The third kappa shape index (κ3) is 7.30. The van der Waals surface area contributed by atoms with Crippen LogP contribution in [-0.4, -0.2) is 13.7 Å². The maximum Gasteiger partial charge on any atom is 0.119 e. The molecule has 1 aromatic carbocycles. The van der Waals surface area contributed by atoms with Crippen molar-refractivity contribution in [1.82, 2.24) is 5.32 Å². The van der Waals surface area contributed by atoms with Crippen molar-refractivity contribution in [2.24, 2.45) is 0 Å². The fourth-order valence-corrected chi connectivity index (χ4v) is 2.60. The van der Waals surface area contributed by atoms with Crippen molar-refractivity contribution in [3.05, 3.63) is 28.2 Å². The molecule has 0 atom stereocenters. The normalized spacial score (nSPS) is 10.8. The average Bonchev–Trinajstić information content (AvgIpc) is 2.45. The van der Waals surface area contributed by atoms with Gasteiger partial charge in [0.1, 0.15) is 5.75 Å². The van der Waals surface area contributed by atoms with Gasteiger partial charge in [0, 0.05) is 11.0 Å². The van der Waals surface area contributed by atoms with Crippen molar-refractivity contribution in [2.45, 2.75) is 58.4 Å². The maximum absolute atomic E-state index is 5.83. The van der Waals surface area contributed by atoms with Crippen LogP contribution in [0.3, 0.4) is 0 Å². The van der Waals surface area contributed by atoms with E-state index < -0.39 is 0 Å². The summed E-state index contributed by atoms with van der Waals surface area (Å²) in [5.74, 6) is 0.976. The zero-order chi connectivity index (χ0) is 14.6. The van der Waals surface area contributed by atoms with Crippen molar-refractivity contribution < 1.29 is 4.74 Å². The van der Waals surface area contributed by atoms with E-state index in [1.807, 2.05) is 13.1 Å². The fraction of sp³-hybridized carbons (Fsp3) is 0.647. The third-order valence-corrected chi connectivity index (χ3v) is 4.17. The first-order valence-corrected chi connectivity index (χ1v) is 8.63. The monoisotopic (exact) mass is 341 g/mol. The van der Waals surface area contributed by atoms with Crippen molar-refractivity contribution in [3.8, 4) is 5.75 Å². The summed E-state index contributed by atoms with van der Waals surface area (Å²) in [5, 5.41) is 3.17. The molecule has 0 saturated heterocycles. The highest BCUT2D eigenvalue weighted by Gasteiger charge is 2.01. The van der Waals surface area contributed by atoms with Gasteiger partial charge in [-0.3, -0.25) is 0 Å². The van der Waals surface area contributed by atoms with E-state index in [1.165, 1.54) is 44.1 Å². The minimum Gasteiger partial charge on any atom is -0.494 e. The minimum atomic E-state index is 0.828. The van der Waals surface area contributed by atoms with Crippen molar-refractivity contribution in [1.29, 1.82) is 0 Å². The van der Waals surface area contributed by atoms with Gasteiger partial charge in [-0.2, -0.15) is 0 Å². The molecule has 3 heteroatoms. The molecule has 0 amide bonds. The molecule has 0 bridgehead atoms. The smallest absolute Gasteiger partial charge is 0.119 e.